The highest BCUT2D eigenvalue weighted by Gasteiger charge is 2.20. The fourth-order valence-electron chi connectivity index (χ4n) is 3.05. The van der Waals surface area contributed by atoms with Gasteiger partial charge in [-0.1, -0.05) is 48.5 Å². The van der Waals surface area contributed by atoms with Gasteiger partial charge in [0.05, 0.1) is 25.8 Å². The molecule has 0 aliphatic rings. The predicted molar refractivity (Wildman–Crippen MR) is 106 cm³/mol. The van der Waals surface area contributed by atoms with Crippen molar-refractivity contribution >= 4 is 5.91 Å². The molecule has 3 rings (SSSR count). The zero-order valence-electron chi connectivity index (χ0n) is 15.8. The Bertz CT molecular complexity index is 944. The summed E-state index contributed by atoms with van der Waals surface area (Å²) in [6.07, 6.45) is 0.552. The lowest BCUT2D eigenvalue weighted by Crippen LogP contribution is -2.30. The van der Waals surface area contributed by atoms with E-state index in [4.69, 9.17) is 9.47 Å². The largest absolute Gasteiger partial charge is 0.493 e. The Morgan fingerprint density at radius 3 is 2.29 bits per heavy atom. The van der Waals surface area contributed by atoms with Crippen molar-refractivity contribution in [2.45, 2.75) is 12.5 Å². The summed E-state index contributed by atoms with van der Waals surface area (Å²) in [4.78, 5) is 12.7. The van der Waals surface area contributed by atoms with Gasteiger partial charge in [0.1, 0.15) is 5.82 Å². The SMILES string of the molecule is COc1ccc(C(Cc2ccccc2)NC(=O)c2ccccc2F)cc1OC. The molecule has 0 heterocycles. The van der Waals surface area contributed by atoms with Gasteiger partial charge < -0.3 is 14.8 Å². The van der Waals surface area contributed by atoms with Crippen LogP contribution < -0.4 is 14.8 Å². The van der Waals surface area contributed by atoms with Gasteiger partial charge in [0.25, 0.3) is 5.91 Å². The first-order valence-corrected chi connectivity index (χ1v) is 8.93. The molecule has 0 aliphatic carbocycles. The van der Waals surface area contributed by atoms with Crippen molar-refractivity contribution in [3.05, 3.63) is 95.3 Å². The van der Waals surface area contributed by atoms with Crippen molar-refractivity contribution in [3.63, 3.8) is 0 Å². The topological polar surface area (TPSA) is 47.6 Å². The van der Waals surface area contributed by atoms with Crippen LogP contribution in [-0.2, 0) is 6.42 Å². The number of rotatable bonds is 7. The number of carbonyl (C=O) groups is 1. The standard InChI is InChI=1S/C23H22FNO3/c1-27-21-13-12-17(15-22(21)28-2)20(14-16-8-4-3-5-9-16)25-23(26)18-10-6-7-11-19(18)24/h3-13,15,20H,14H2,1-2H3,(H,25,26). The molecule has 144 valence electrons. The molecule has 0 saturated carbocycles. The molecule has 0 radical (unpaired) electrons. The summed E-state index contributed by atoms with van der Waals surface area (Å²) in [7, 11) is 3.13. The molecule has 5 heteroatoms. The fraction of sp³-hybridized carbons (Fsp3) is 0.174. The van der Waals surface area contributed by atoms with Crippen LogP contribution in [0.25, 0.3) is 0 Å². The number of hydrogen-bond donors (Lipinski definition) is 1. The highest BCUT2D eigenvalue weighted by molar-refractivity contribution is 5.94. The third-order valence-electron chi connectivity index (χ3n) is 4.52. The lowest BCUT2D eigenvalue weighted by atomic mass is 9.98. The molecule has 0 fully saturated rings. The van der Waals surface area contributed by atoms with Crippen molar-refractivity contribution in [3.8, 4) is 11.5 Å². The van der Waals surface area contributed by atoms with E-state index in [0.717, 1.165) is 11.1 Å². The van der Waals surface area contributed by atoms with Crippen molar-refractivity contribution < 1.29 is 18.7 Å². The Balaban J connectivity index is 1.93. The summed E-state index contributed by atoms with van der Waals surface area (Å²) in [5, 5.41) is 2.95. The number of carbonyl (C=O) groups excluding carboxylic acids is 1. The number of hydrogen-bond acceptors (Lipinski definition) is 3. The van der Waals surface area contributed by atoms with Gasteiger partial charge in [-0.25, -0.2) is 4.39 Å². The second-order valence-electron chi connectivity index (χ2n) is 6.31. The van der Waals surface area contributed by atoms with Gasteiger partial charge in [-0.15, -0.1) is 0 Å². The third kappa shape index (κ3) is 4.49. The normalized spacial score (nSPS) is 11.5. The van der Waals surface area contributed by atoms with E-state index < -0.39 is 11.7 Å². The van der Waals surface area contributed by atoms with E-state index >= 15 is 0 Å². The lowest BCUT2D eigenvalue weighted by molar-refractivity contribution is 0.0932. The smallest absolute Gasteiger partial charge is 0.254 e. The minimum atomic E-state index is -0.550. The molecule has 0 spiro atoms. The second kappa shape index (κ2) is 9.04. The van der Waals surface area contributed by atoms with Crippen LogP contribution in [0.15, 0.2) is 72.8 Å². The van der Waals surface area contributed by atoms with E-state index in [2.05, 4.69) is 5.32 Å². The molecule has 4 nitrogen and oxygen atoms in total. The van der Waals surface area contributed by atoms with Crippen LogP contribution in [0.4, 0.5) is 4.39 Å². The first-order chi connectivity index (χ1) is 13.6. The molecule has 3 aromatic carbocycles. The zero-order chi connectivity index (χ0) is 19.9. The van der Waals surface area contributed by atoms with E-state index in [1.165, 1.54) is 12.1 Å². The molecule has 1 atom stereocenters. The first kappa shape index (κ1) is 19.4. The second-order valence-corrected chi connectivity index (χ2v) is 6.31. The van der Waals surface area contributed by atoms with Crippen molar-refractivity contribution in [1.29, 1.82) is 0 Å². The summed E-state index contributed by atoms with van der Waals surface area (Å²) in [6, 6.07) is 20.9. The van der Waals surface area contributed by atoms with Crippen molar-refractivity contribution in [2.24, 2.45) is 0 Å². The number of ether oxygens (including phenoxy) is 2. The average Bonchev–Trinajstić information content (AvgIpc) is 2.73. The van der Waals surface area contributed by atoms with Crippen LogP contribution >= 0.6 is 0 Å². The summed E-state index contributed by atoms with van der Waals surface area (Å²) in [5.41, 5.74) is 1.91. The van der Waals surface area contributed by atoms with Crippen LogP contribution in [0.5, 0.6) is 11.5 Å². The van der Waals surface area contributed by atoms with Gasteiger partial charge in [-0.05, 0) is 41.8 Å². The van der Waals surface area contributed by atoms with Gasteiger partial charge in [0.2, 0.25) is 0 Å². The number of amides is 1. The summed E-state index contributed by atoms with van der Waals surface area (Å²) in [6.45, 7) is 0. The van der Waals surface area contributed by atoms with Crippen LogP contribution in [0.1, 0.15) is 27.5 Å². The van der Waals surface area contributed by atoms with E-state index in [1.807, 2.05) is 42.5 Å². The fourth-order valence-corrected chi connectivity index (χ4v) is 3.05. The Morgan fingerprint density at radius 2 is 1.61 bits per heavy atom. The molecule has 28 heavy (non-hydrogen) atoms. The predicted octanol–water partition coefficient (Wildman–Crippen LogP) is 4.56. The van der Waals surface area contributed by atoms with Crippen LogP contribution in [-0.4, -0.2) is 20.1 Å². The molecular weight excluding hydrogens is 357 g/mol. The molecule has 3 aromatic rings. The molecule has 1 unspecified atom stereocenters. The summed E-state index contributed by atoms with van der Waals surface area (Å²) in [5.74, 6) is 0.155. The molecule has 0 saturated heterocycles. The Hall–Kier alpha value is -3.34. The first-order valence-electron chi connectivity index (χ1n) is 8.93. The van der Waals surface area contributed by atoms with Gasteiger partial charge in [0.15, 0.2) is 11.5 Å². The Labute approximate surface area is 163 Å². The van der Waals surface area contributed by atoms with Crippen LogP contribution in [0.2, 0.25) is 0 Å². The number of methoxy groups -OCH3 is 2. The highest BCUT2D eigenvalue weighted by Crippen LogP contribution is 2.31. The maximum atomic E-state index is 14.0. The maximum absolute atomic E-state index is 14.0. The van der Waals surface area contributed by atoms with Gasteiger partial charge in [-0.3, -0.25) is 4.79 Å². The van der Waals surface area contributed by atoms with Crippen molar-refractivity contribution in [1.82, 2.24) is 5.32 Å². The summed E-state index contributed by atoms with van der Waals surface area (Å²) < 4.78 is 24.7. The van der Waals surface area contributed by atoms with Crippen LogP contribution in [0, 0.1) is 5.82 Å². The molecule has 0 aromatic heterocycles. The quantitative estimate of drug-likeness (QED) is 0.655. The minimum Gasteiger partial charge on any atom is -0.493 e. The highest BCUT2D eigenvalue weighted by atomic mass is 19.1. The molecule has 1 N–H and O–H groups in total. The molecule has 0 aliphatic heterocycles. The average molecular weight is 379 g/mol. The van der Waals surface area contributed by atoms with Gasteiger partial charge in [-0.2, -0.15) is 0 Å². The number of halogens is 1. The van der Waals surface area contributed by atoms with E-state index in [0.29, 0.717) is 17.9 Å². The van der Waals surface area contributed by atoms with E-state index in [-0.39, 0.29) is 11.6 Å². The molecular formula is C23H22FNO3. The lowest BCUT2D eigenvalue weighted by Gasteiger charge is -2.21. The van der Waals surface area contributed by atoms with Crippen molar-refractivity contribution in [2.75, 3.05) is 14.2 Å². The zero-order valence-corrected chi connectivity index (χ0v) is 15.8. The molecule has 1 amide bonds. The maximum Gasteiger partial charge on any atom is 0.254 e. The van der Waals surface area contributed by atoms with Crippen LogP contribution in [0.3, 0.4) is 0 Å². The van der Waals surface area contributed by atoms with E-state index in [9.17, 15) is 9.18 Å². The van der Waals surface area contributed by atoms with Gasteiger partial charge in [0, 0.05) is 0 Å². The Morgan fingerprint density at radius 1 is 0.929 bits per heavy atom. The number of nitrogens with one attached hydrogen (secondary N) is 1. The van der Waals surface area contributed by atoms with Gasteiger partial charge >= 0.3 is 0 Å². The monoisotopic (exact) mass is 379 g/mol. The molecule has 0 bridgehead atoms. The summed E-state index contributed by atoms with van der Waals surface area (Å²) >= 11 is 0. The third-order valence-corrected chi connectivity index (χ3v) is 4.52. The minimum absolute atomic E-state index is 0.0149. The van der Waals surface area contributed by atoms with E-state index in [1.54, 1.807) is 32.4 Å². The Kier molecular flexibility index (Phi) is 6.27. The number of benzene rings is 3.